The van der Waals surface area contributed by atoms with Crippen LogP contribution in [-0.2, 0) is 6.54 Å². The van der Waals surface area contributed by atoms with Crippen molar-refractivity contribution in [2.24, 2.45) is 0 Å². The third kappa shape index (κ3) is 2.52. The number of anilines is 1. The van der Waals surface area contributed by atoms with Crippen molar-refractivity contribution in [2.45, 2.75) is 6.54 Å². The van der Waals surface area contributed by atoms with Gasteiger partial charge in [0.2, 0.25) is 12.3 Å². The zero-order chi connectivity index (χ0) is 16.6. The zero-order valence-corrected chi connectivity index (χ0v) is 12.6. The molecule has 0 radical (unpaired) electrons. The van der Waals surface area contributed by atoms with Gasteiger partial charge in [0.05, 0.1) is 14.2 Å². The molecule has 9 heteroatoms. The first-order valence-electron chi connectivity index (χ1n) is 6.72. The monoisotopic (exact) mass is 317 g/mol. The number of nitrogens with one attached hydrogen (secondary N) is 1. The van der Waals surface area contributed by atoms with E-state index in [1.807, 2.05) is 6.07 Å². The minimum Gasteiger partial charge on any atom is -0.710 e. The molecule has 3 N–H and O–H groups in total. The number of aromatic amines is 1. The number of hydrogen-bond donors (Lipinski definition) is 2. The van der Waals surface area contributed by atoms with Gasteiger partial charge in [-0.3, -0.25) is 9.78 Å². The number of methoxy groups -OCH3 is 2. The predicted molar refractivity (Wildman–Crippen MR) is 82.4 cm³/mol. The van der Waals surface area contributed by atoms with Crippen molar-refractivity contribution in [2.75, 3.05) is 20.0 Å². The smallest absolute Gasteiger partial charge is 0.304 e. The van der Waals surface area contributed by atoms with Gasteiger partial charge < -0.3 is 20.4 Å². The molecule has 0 amide bonds. The van der Waals surface area contributed by atoms with Gasteiger partial charge in [-0.1, -0.05) is 6.07 Å². The Morgan fingerprint density at radius 2 is 2.09 bits per heavy atom. The molecule has 2 heterocycles. The summed E-state index contributed by atoms with van der Waals surface area (Å²) >= 11 is 0. The Balaban J connectivity index is 2.07. The summed E-state index contributed by atoms with van der Waals surface area (Å²) in [6.45, 7) is 0.321. The Hall–Kier alpha value is -3.23. The number of H-pyrrole nitrogens is 1. The average Bonchev–Trinajstić information content (AvgIpc) is 2.83. The van der Waals surface area contributed by atoms with Crippen molar-refractivity contribution in [1.29, 1.82) is 0 Å². The number of imidazole rings is 1. The second kappa shape index (κ2) is 5.52. The second-order valence-corrected chi connectivity index (χ2v) is 4.88. The van der Waals surface area contributed by atoms with Gasteiger partial charge in [0, 0.05) is 0 Å². The van der Waals surface area contributed by atoms with E-state index in [-0.39, 0.29) is 17.1 Å². The van der Waals surface area contributed by atoms with E-state index in [1.165, 1.54) is 6.33 Å². The molecule has 0 atom stereocenters. The molecule has 0 saturated carbocycles. The molecule has 1 aromatic carbocycles. The van der Waals surface area contributed by atoms with Gasteiger partial charge in [-0.25, -0.2) is 9.30 Å². The number of nitrogens with zero attached hydrogens (tertiary/aromatic N) is 3. The number of fused-ring (bicyclic) bond motifs is 1. The largest absolute Gasteiger partial charge is 0.710 e. The molecule has 0 spiro atoms. The maximum Gasteiger partial charge on any atom is 0.304 e. The minimum absolute atomic E-state index is 0.0465. The number of benzene rings is 1. The van der Waals surface area contributed by atoms with Crippen LogP contribution in [0.1, 0.15) is 5.56 Å². The molecule has 0 aliphatic rings. The van der Waals surface area contributed by atoms with Crippen LogP contribution in [0.2, 0.25) is 0 Å². The van der Waals surface area contributed by atoms with Gasteiger partial charge in [-0.2, -0.15) is 4.98 Å². The van der Waals surface area contributed by atoms with Crippen molar-refractivity contribution in [3.8, 4) is 11.5 Å². The van der Waals surface area contributed by atoms with E-state index in [0.717, 1.165) is 5.56 Å². The third-order valence-electron chi connectivity index (χ3n) is 3.43. The molecule has 120 valence electrons. The van der Waals surface area contributed by atoms with Crippen LogP contribution in [-0.4, -0.2) is 28.8 Å². The van der Waals surface area contributed by atoms with E-state index in [4.69, 9.17) is 15.2 Å². The Morgan fingerprint density at radius 3 is 2.78 bits per heavy atom. The maximum atomic E-state index is 11.9. The molecule has 0 aliphatic carbocycles. The van der Waals surface area contributed by atoms with E-state index >= 15 is 0 Å². The fourth-order valence-corrected chi connectivity index (χ4v) is 2.40. The number of hydrogen-bond acceptors (Lipinski definition) is 6. The molecule has 0 bridgehead atoms. The first-order chi connectivity index (χ1) is 11.0. The molecule has 3 rings (SSSR count). The van der Waals surface area contributed by atoms with Crippen LogP contribution in [0.5, 0.6) is 11.5 Å². The van der Waals surface area contributed by atoms with E-state index in [2.05, 4.69) is 9.97 Å². The van der Waals surface area contributed by atoms with Crippen molar-refractivity contribution >= 4 is 17.1 Å². The Bertz CT molecular complexity index is 931. The van der Waals surface area contributed by atoms with E-state index in [1.54, 1.807) is 30.9 Å². The Kier molecular flexibility index (Phi) is 3.53. The number of aromatic nitrogens is 4. The van der Waals surface area contributed by atoms with Gasteiger partial charge in [-0.15, -0.1) is 0 Å². The molecule has 0 unspecified atom stereocenters. The molecule has 0 aliphatic heterocycles. The molecule has 3 aromatic rings. The summed E-state index contributed by atoms with van der Waals surface area (Å²) in [4.78, 5) is 18.2. The molecule has 9 nitrogen and oxygen atoms in total. The highest BCUT2D eigenvalue weighted by molar-refractivity contribution is 5.67. The first-order valence-corrected chi connectivity index (χ1v) is 6.72. The van der Waals surface area contributed by atoms with Crippen LogP contribution in [0.25, 0.3) is 11.2 Å². The lowest BCUT2D eigenvalue weighted by atomic mass is 10.2. The van der Waals surface area contributed by atoms with Crippen molar-refractivity contribution < 1.29 is 14.2 Å². The van der Waals surface area contributed by atoms with E-state index in [0.29, 0.717) is 22.8 Å². The summed E-state index contributed by atoms with van der Waals surface area (Å²) < 4.78 is 12.5. The molecule has 0 saturated heterocycles. The summed E-state index contributed by atoms with van der Waals surface area (Å²) in [5.74, 6) is 1.13. The minimum atomic E-state index is -0.575. The van der Waals surface area contributed by atoms with Crippen LogP contribution >= 0.6 is 0 Å². The van der Waals surface area contributed by atoms with Gasteiger partial charge in [0.15, 0.2) is 11.5 Å². The Morgan fingerprint density at radius 1 is 1.35 bits per heavy atom. The maximum absolute atomic E-state index is 11.9. The standard InChI is InChI=1S/C14H15N5O4/c1-22-9-4-3-8(5-10(9)23-2)6-18-7-19(21)11-12(18)16-14(15)17-13(11)20/h3-5,7H,6H2,1-2H3,(H3,15,16,17,20). The average molecular weight is 317 g/mol. The van der Waals surface area contributed by atoms with Crippen LogP contribution < -0.4 is 25.5 Å². The molecule has 0 fully saturated rings. The zero-order valence-electron chi connectivity index (χ0n) is 12.6. The molecular weight excluding hydrogens is 302 g/mol. The van der Waals surface area contributed by atoms with Crippen LogP contribution in [0.3, 0.4) is 0 Å². The lowest BCUT2D eigenvalue weighted by Crippen LogP contribution is -2.29. The summed E-state index contributed by atoms with van der Waals surface area (Å²) in [5.41, 5.74) is 5.96. The van der Waals surface area contributed by atoms with Crippen molar-refractivity contribution in [3.63, 3.8) is 0 Å². The normalized spacial score (nSPS) is 10.9. The van der Waals surface area contributed by atoms with Crippen LogP contribution in [0, 0.1) is 5.21 Å². The van der Waals surface area contributed by atoms with Gasteiger partial charge in [0.1, 0.15) is 6.54 Å². The lowest BCUT2D eigenvalue weighted by molar-refractivity contribution is -0.578. The molecule has 2 aromatic heterocycles. The summed E-state index contributed by atoms with van der Waals surface area (Å²) in [7, 11) is 3.09. The van der Waals surface area contributed by atoms with Gasteiger partial charge in [-0.05, 0) is 17.7 Å². The highest BCUT2D eigenvalue weighted by atomic mass is 16.5. The second-order valence-electron chi connectivity index (χ2n) is 4.88. The molecule has 23 heavy (non-hydrogen) atoms. The van der Waals surface area contributed by atoms with Gasteiger partial charge >= 0.3 is 5.56 Å². The number of nitrogens with two attached hydrogens (primary N) is 1. The van der Waals surface area contributed by atoms with Crippen molar-refractivity contribution in [1.82, 2.24) is 14.5 Å². The predicted octanol–water partition coefficient (Wildman–Crippen LogP) is 0.00570. The van der Waals surface area contributed by atoms with Crippen LogP contribution in [0.15, 0.2) is 29.3 Å². The summed E-state index contributed by atoms with van der Waals surface area (Å²) in [6, 6.07) is 5.38. The van der Waals surface area contributed by atoms with E-state index < -0.39 is 5.56 Å². The fourth-order valence-electron chi connectivity index (χ4n) is 2.40. The number of rotatable bonds is 4. The number of nitrogen functional groups attached to an aromatic ring is 1. The Labute approximate surface area is 130 Å². The third-order valence-corrected chi connectivity index (χ3v) is 3.43. The van der Waals surface area contributed by atoms with E-state index in [9.17, 15) is 10.0 Å². The quantitative estimate of drug-likeness (QED) is 0.516. The highest BCUT2D eigenvalue weighted by Gasteiger charge is 2.19. The van der Waals surface area contributed by atoms with Gasteiger partial charge in [0.25, 0.3) is 11.2 Å². The summed E-state index contributed by atoms with van der Waals surface area (Å²) in [6.07, 6.45) is 1.25. The topological polar surface area (TPSA) is 122 Å². The first kappa shape index (κ1) is 14.7. The lowest BCUT2D eigenvalue weighted by Gasteiger charge is -2.08. The SMILES string of the molecule is COc1ccc(Cn2c[n+]([O-])c3c(=O)[nH]c(N)nc32)cc1OC. The highest BCUT2D eigenvalue weighted by Crippen LogP contribution is 2.28. The fraction of sp³-hybridized carbons (Fsp3) is 0.214. The van der Waals surface area contributed by atoms with Crippen LogP contribution in [0.4, 0.5) is 5.95 Å². The summed E-state index contributed by atoms with van der Waals surface area (Å²) in [5, 5.41) is 11.9. The van der Waals surface area contributed by atoms with Crippen molar-refractivity contribution in [3.05, 3.63) is 45.7 Å². The number of ether oxygens (including phenoxy) is 2. The molecular formula is C14H15N5O4.